The smallest absolute Gasteiger partial charge is 0.321 e. The van der Waals surface area contributed by atoms with Gasteiger partial charge in [0.2, 0.25) is 0 Å². The second-order valence-electron chi connectivity index (χ2n) is 5.19. The molecule has 0 spiro atoms. The molecule has 2 aromatic rings. The summed E-state index contributed by atoms with van der Waals surface area (Å²) in [6, 6.07) is 3.76. The molecule has 0 saturated carbocycles. The quantitative estimate of drug-likeness (QED) is 0.939. The van der Waals surface area contributed by atoms with Gasteiger partial charge in [-0.2, -0.15) is 5.10 Å². The molecule has 5 nitrogen and oxygen atoms in total. The molecule has 1 aromatic heterocycles. The van der Waals surface area contributed by atoms with Crippen LogP contribution in [0.2, 0.25) is 5.02 Å². The van der Waals surface area contributed by atoms with Crippen LogP contribution in [0.15, 0.2) is 18.2 Å². The summed E-state index contributed by atoms with van der Waals surface area (Å²) >= 11 is 5.70. The van der Waals surface area contributed by atoms with Crippen molar-refractivity contribution in [2.75, 3.05) is 12.4 Å². The maximum Gasteiger partial charge on any atom is 0.321 e. The number of hydrogen-bond acceptors (Lipinski definition) is 2. The molecule has 0 radical (unpaired) electrons. The van der Waals surface area contributed by atoms with Gasteiger partial charge in [-0.05, 0) is 32.0 Å². The lowest BCUT2D eigenvalue weighted by molar-refractivity contribution is 0.220. The number of anilines is 1. The summed E-state index contributed by atoms with van der Waals surface area (Å²) in [5.41, 5.74) is 3.37. The second-order valence-corrected chi connectivity index (χ2v) is 5.60. The Hall–Kier alpha value is -2.08. The number of aryl methyl sites for hydroxylation is 2. The average Bonchev–Trinajstić information content (AvgIpc) is 2.69. The number of nitrogens with one attached hydrogen (secondary N) is 1. The van der Waals surface area contributed by atoms with Crippen LogP contribution in [0.3, 0.4) is 0 Å². The number of halogens is 2. The minimum absolute atomic E-state index is 0.0283. The molecule has 0 aliphatic rings. The SMILES string of the molecule is Cc1nn(C)c(C)c1CN(C)C(=O)Nc1ccc(F)c(Cl)c1. The third kappa shape index (κ3) is 3.39. The summed E-state index contributed by atoms with van der Waals surface area (Å²) in [4.78, 5) is 13.7. The molecule has 1 N–H and O–H groups in total. The molecule has 0 aliphatic carbocycles. The van der Waals surface area contributed by atoms with E-state index in [2.05, 4.69) is 10.4 Å². The lowest BCUT2D eigenvalue weighted by atomic mass is 10.2. The Morgan fingerprint density at radius 1 is 1.45 bits per heavy atom. The fourth-order valence-corrected chi connectivity index (χ4v) is 2.33. The van der Waals surface area contributed by atoms with Gasteiger partial charge >= 0.3 is 6.03 Å². The number of nitrogens with zero attached hydrogens (tertiary/aromatic N) is 3. The molecule has 7 heteroatoms. The van der Waals surface area contributed by atoms with Crippen LogP contribution in [0.1, 0.15) is 17.0 Å². The Morgan fingerprint density at radius 2 is 2.14 bits per heavy atom. The molecule has 0 saturated heterocycles. The van der Waals surface area contributed by atoms with Crippen LogP contribution in [-0.4, -0.2) is 27.8 Å². The van der Waals surface area contributed by atoms with Crippen molar-refractivity contribution in [1.82, 2.24) is 14.7 Å². The summed E-state index contributed by atoms with van der Waals surface area (Å²) in [7, 11) is 3.55. The van der Waals surface area contributed by atoms with E-state index in [1.54, 1.807) is 11.7 Å². The van der Waals surface area contributed by atoms with Crippen LogP contribution >= 0.6 is 11.6 Å². The Kier molecular flexibility index (Phi) is 4.71. The molecule has 1 heterocycles. The first kappa shape index (κ1) is 16.3. The summed E-state index contributed by atoms with van der Waals surface area (Å²) in [6.07, 6.45) is 0. The minimum Gasteiger partial charge on any atom is -0.323 e. The van der Waals surface area contributed by atoms with Gasteiger partial charge in [-0.25, -0.2) is 9.18 Å². The number of hydrogen-bond donors (Lipinski definition) is 1. The second kappa shape index (κ2) is 6.36. The third-order valence-corrected chi connectivity index (χ3v) is 3.86. The zero-order valence-corrected chi connectivity index (χ0v) is 13.7. The van der Waals surface area contributed by atoms with E-state index < -0.39 is 5.82 Å². The zero-order valence-electron chi connectivity index (χ0n) is 12.9. The first-order valence-corrected chi connectivity index (χ1v) is 7.13. The van der Waals surface area contributed by atoms with Gasteiger partial charge < -0.3 is 10.2 Å². The van der Waals surface area contributed by atoms with Crippen molar-refractivity contribution in [3.63, 3.8) is 0 Å². The van der Waals surface area contributed by atoms with Gasteiger partial charge in [0.25, 0.3) is 0 Å². The first-order chi connectivity index (χ1) is 10.3. The van der Waals surface area contributed by atoms with Crippen LogP contribution in [0.25, 0.3) is 0 Å². The molecule has 1 aromatic carbocycles. The van der Waals surface area contributed by atoms with Crippen molar-refractivity contribution in [3.8, 4) is 0 Å². The highest BCUT2D eigenvalue weighted by Crippen LogP contribution is 2.20. The van der Waals surface area contributed by atoms with Crippen molar-refractivity contribution in [2.45, 2.75) is 20.4 Å². The predicted molar refractivity (Wildman–Crippen MR) is 84.6 cm³/mol. The number of amides is 2. The van der Waals surface area contributed by atoms with E-state index in [1.807, 2.05) is 20.9 Å². The van der Waals surface area contributed by atoms with Gasteiger partial charge in [0.1, 0.15) is 5.82 Å². The number of aromatic nitrogens is 2. The molecule has 2 rings (SSSR count). The summed E-state index contributed by atoms with van der Waals surface area (Å²) in [6.45, 7) is 4.31. The van der Waals surface area contributed by atoms with Gasteiger partial charge in [-0.3, -0.25) is 4.68 Å². The van der Waals surface area contributed by atoms with Crippen molar-refractivity contribution in [3.05, 3.63) is 46.0 Å². The van der Waals surface area contributed by atoms with Crippen molar-refractivity contribution in [2.24, 2.45) is 7.05 Å². The fraction of sp³-hybridized carbons (Fsp3) is 0.333. The zero-order chi connectivity index (χ0) is 16.4. The van der Waals surface area contributed by atoms with Gasteiger partial charge in [0.15, 0.2) is 0 Å². The minimum atomic E-state index is -0.519. The topological polar surface area (TPSA) is 50.2 Å². The Labute approximate surface area is 133 Å². The largest absolute Gasteiger partial charge is 0.323 e. The normalized spacial score (nSPS) is 10.6. The van der Waals surface area contributed by atoms with Crippen molar-refractivity contribution < 1.29 is 9.18 Å². The van der Waals surface area contributed by atoms with E-state index in [-0.39, 0.29) is 11.1 Å². The molecule has 22 heavy (non-hydrogen) atoms. The highest BCUT2D eigenvalue weighted by molar-refractivity contribution is 6.31. The third-order valence-electron chi connectivity index (χ3n) is 3.57. The molecule has 0 aliphatic heterocycles. The monoisotopic (exact) mass is 324 g/mol. The summed E-state index contributed by atoms with van der Waals surface area (Å²) in [5.74, 6) is -0.519. The number of rotatable bonds is 3. The molecule has 0 fully saturated rings. The van der Waals surface area contributed by atoms with Crippen LogP contribution < -0.4 is 5.32 Å². The van der Waals surface area contributed by atoms with Crippen LogP contribution in [0.5, 0.6) is 0 Å². The molecule has 0 bridgehead atoms. The van der Waals surface area contributed by atoms with E-state index in [4.69, 9.17) is 11.6 Å². The van der Waals surface area contributed by atoms with Gasteiger partial charge in [-0.15, -0.1) is 0 Å². The molecule has 2 amide bonds. The maximum atomic E-state index is 13.1. The lowest BCUT2D eigenvalue weighted by Crippen LogP contribution is -2.31. The lowest BCUT2D eigenvalue weighted by Gasteiger charge is -2.18. The Bertz CT molecular complexity index is 714. The van der Waals surface area contributed by atoms with Crippen LogP contribution in [-0.2, 0) is 13.6 Å². The first-order valence-electron chi connectivity index (χ1n) is 6.76. The highest BCUT2D eigenvalue weighted by atomic mass is 35.5. The average molecular weight is 325 g/mol. The summed E-state index contributed by atoms with van der Waals surface area (Å²) in [5, 5.41) is 6.98. The van der Waals surface area contributed by atoms with Crippen molar-refractivity contribution >= 4 is 23.3 Å². The number of carbonyl (C=O) groups is 1. The number of carbonyl (C=O) groups excluding carboxylic acids is 1. The van der Waals surface area contributed by atoms with Gasteiger partial charge in [0, 0.05) is 31.0 Å². The Balaban J connectivity index is 2.07. The molecular formula is C15H18ClFN4O. The standard InChI is InChI=1S/C15H18ClFN4O/c1-9-12(10(2)21(4)19-9)8-20(3)15(22)18-11-5-6-14(17)13(16)7-11/h5-7H,8H2,1-4H3,(H,18,22). The fourth-order valence-electron chi connectivity index (χ4n) is 2.15. The van der Waals surface area contributed by atoms with E-state index in [0.717, 1.165) is 17.0 Å². The molecule has 0 unspecified atom stereocenters. The van der Waals surface area contributed by atoms with Gasteiger partial charge in [0.05, 0.1) is 17.3 Å². The molecule has 118 valence electrons. The van der Waals surface area contributed by atoms with E-state index in [1.165, 1.54) is 23.1 Å². The van der Waals surface area contributed by atoms with E-state index >= 15 is 0 Å². The maximum absolute atomic E-state index is 13.1. The molecule has 0 atom stereocenters. The predicted octanol–water partition coefficient (Wildman–Crippen LogP) is 3.49. The van der Waals surface area contributed by atoms with Crippen LogP contribution in [0.4, 0.5) is 14.9 Å². The van der Waals surface area contributed by atoms with Gasteiger partial charge in [-0.1, -0.05) is 11.6 Å². The number of benzene rings is 1. The van der Waals surface area contributed by atoms with E-state index in [9.17, 15) is 9.18 Å². The Morgan fingerprint density at radius 3 is 2.68 bits per heavy atom. The van der Waals surface area contributed by atoms with Crippen molar-refractivity contribution in [1.29, 1.82) is 0 Å². The highest BCUT2D eigenvalue weighted by Gasteiger charge is 2.15. The summed E-state index contributed by atoms with van der Waals surface area (Å²) < 4.78 is 14.9. The molecular weight excluding hydrogens is 307 g/mol. The van der Waals surface area contributed by atoms with E-state index in [0.29, 0.717) is 12.2 Å². The number of urea groups is 1. The van der Waals surface area contributed by atoms with Crippen LogP contribution in [0, 0.1) is 19.7 Å².